The summed E-state index contributed by atoms with van der Waals surface area (Å²) in [5.41, 5.74) is 3.84. The van der Waals surface area contributed by atoms with E-state index in [2.05, 4.69) is 57.7 Å². The third-order valence-corrected chi connectivity index (χ3v) is 3.05. The molecule has 1 aromatic rings. The average Bonchev–Trinajstić information content (AvgIpc) is 2.34. The van der Waals surface area contributed by atoms with E-state index in [1.165, 1.54) is 11.1 Å². The van der Waals surface area contributed by atoms with E-state index in [9.17, 15) is 0 Å². The van der Waals surface area contributed by atoms with E-state index in [1.807, 2.05) is 0 Å². The molecule has 1 heteroatoms. The Morgan fingerprint density at radius 1 is 1.11 bits per heavy atom. The van der Waals surface area contributed by atoms with E-state index in [1.54, 1.807) is 0 Å². The van der Waals surface area contributed by atoms with Gasteiger partial charge in [0.25, 0.3) is 0 Å². The Labute approximate surface area is 111 Å². The van der Waals surface area contributed by atoms with Crippen molar-refractivity contribution < 1.29 is 5.11 Å². The van der Waals surface area contributed by atoms with E-state index in [-0.39, 0.29) is 6.61 Å². The van der Waals surface area contributed by atoms with Crippen molar-refractivity contribution in [1.82, 2.24) is 0 Å². The lowest BCUT2D eigenvalue weighted by Crippen LogP contribution is -1.97. The highest BCUT2D eigenvalue weighted by atomic mass is 16.2. The van der Waals surface area contributed by atoms with Crippen LogP contribution < -0.4 is 0 Å². The summed E-state index contributed by atoms with van der Waals surface area (Å²) < 4.78 is 0. The summed E-state index contributed by atoms with van der Waals surface area (Å²) >= 11 is 0. The van der Waals surface area contributed by atoms with Gasteiger partial charge in [-0.3, -0.25) is 0 Å². The minimum absolute atomic E-state index is 0.220. The predicted molar refractivity (Wildman–Crippen MR) is 77.8 cm³/mol. The van der Waals surface area contributed by atoms with Gasteiger partial charge in [0.15, 0.2) is 0 Å². The molecule has 0 heterocycles. The van der Waals surface area contributed by atoms with Gasteiger partial charge in [0.1, 0.15) is 0 Å². The van der Waals surface area contributed by atoms with Crippen LogP contribution in [0.2, 0.25) is 0 Å². The summed E-state index contributed by atoms with van der Waals surface area (Å²) in [6, 6.07) is 6.59. The van der Waals surface area contributed by atoms with Gasteiger partial charge < -0.3 is 5.11 Å². The van der Waals surface area contributed by atoms with E-state index < -0.39 is 0 Å². The summed E-state index contributed by atoms with van der Waals surface area (Å²) in [5, 5.41) is 8.74. The largest absolute Gasteiger partial charge is 0.396 e. The number of unbranched alkanes of at least 4 members (excludes halogenated alkanes) is 1. The predicted octanol–water partition coefficient (Wildman–Crippen LogP) is 4.06. The fourth-order valence-corrected chi connectivity index (χ4v) is 1.86. The highest BCUT2D eigenvalue weighted by Gasteiger charge is 2.08. The number of aliphatic hydroxyl groups excluding tert-OH is 1. The first kappa shape index (κ1) is 14.8. The second kappa shape index (κ2) is 7.24. The molecule has 1 nitrogen and oxygen atoms in total. The van der Waals surface area contributed by atoms with Crippen molar-refractivity contribution in [1.29, 1.82) is 0 Å². The van der Waals surface area contributed by atoms with Crippen LogP contribution in [0, 0.1) is 11.8 Å². The number of benzene rings is 1. The fraction of sp³-hybridized carbons (Fsp3) is 0.529. The topological polar surface area (TPSA) is 20.2 Å². The molecule has 0 fully saturated rings. The van der Waals surface area contributed by atoms with Crippen molar-refractivity contribution in [2.75, 3.05) is 6.61 Å². The van der Waals surface area contributed by atoms with Crippen LogP contribution in [-0.4, -0.2) is 11.7 Å². The summed E-state index contributed by atoms with van der Waals surface area (Å²) in [7, 11) is 0. The van der Waals surface area contributed by atoms with Crippen LogP contribution in [0.15, 0.2) is 18.2 Å². The number of hydrogen-bond acceptors (Lipinski definition) is 1. The van der Waals surface area contributed by atoms with Gasteiger partial charge in [-0.1, -0.05) is 51.7 Å². The molecule has 0 spiro atoms. The van der Waals surface area contributed by atoms with Crippen molar-refractivity contribution in [2.45, 2.75) is 52.4 Å². The molecular weight excluding hydrogens is 220 g/mol. The summed E-state index contributed by atoms with van der Waals surface area (Å²) in [4.78, 5) is 0. The van der Waals surface area contributed by atoms with Crippen LogP contribution in [0.1, 0.15) is 69.1 Å². The molecule has 1 rings (SSSR count). The third-order valence-electron chi connectivity index (χ3n) is 3.05. The monoisotopic (exact) mass is 244 g/mol. The van der Waals surface area contributed by atoms with E-state index in [4.69, 9.17) is 5.11 Å². The Bertz CT molecular complexity index is 433. The molecule has 18 heavy (non-hydrogen) atoms. The Kier molecular flexibility index (Phi) is 5.95. The average molecular weight is 244 g/mol. The van der Waals surface area contributed by atoms with Crippen molar-refractivity contribution in [3.63, 3.8) is 0 Å². The lowest BCUT2D eigenvalue weighted by Gasteiger charge is -2.13. The molecule has 0 saturated carbocycles. The molecule has 0 unspecified atom stereocenters. The van der Waals surface area contributed by atoms with Gasteiger partial charge in [-0.05, 0) is 35.4 Å². The third kappa shape index (κ3) is 4.20. The van der Waals surface area contributed by atoms with Gasteiger partial charge in [-0.15, -0.1) is 0 Å². The van der Waals surface area contributed by atoms with Gasteiger partial charge in [-0.2, -0.15) is 0 Å². The highest BCUT2D eigenvalue weighted by Crippen LogP contribution is 2.24. The summed E-state index contributed by atoms with van der Waals surface area (Å²) in [6.07, 6.45) is 1.52. The van der Waals surface area contributed by atoms with Crippen LogP contribution in [0.25, 0.3) is 0 Å². The Morgan fingerprint density at radius 3 is 2.39 bits per heavy atom. The number of hydrogen-bond donors (Lipinski definition) is 1. The lowest BCUT2D eigenvalue weighted by molar-refractivity contribution is 0.290. The van der Waals surface area contributed by atoms with Gasteiger partial charge >= 0.3 is 0 Å². The van der Waals surface area contributed by atoms with E-state index in [0.717, 1.165) is 18.4 Å². The molecular formula is C17H24O. The zero-order valence-corrected chi connectivity index (χ0v) is 12.0. The van der Waals surface area contributed by atoms with Crippen LogP contribution in [0.5, 0.6) is 0 Å². The van der Waals surface area contributed by atoms with Gasteiger partial charge in [0.2, 0.25) is 0 Å². The lowest BCUT2D eigenvalue weighted by atomic mass is 9.92. The minimum atomic E-state index is 0.220. The Hall–Kier alpha value is -1.26. The molecule has 0 atom stereocenters. The Morgan fingerprint density at radius 2 is 1.83 bits per heavy atom. The second-order valence-corrected chi connectivity index (χ2v) is 5.29. The van der Waals surface area contributed by atoms with Gasteiger partial charge in [-0.25, -0.2) is 0 Å². The van der Waals surface area contributed by atoms with Gasteiger partial charge in [0.05, 0.1) is 0 Å². The summed E-state index contributed by atoms with van der Waals surface area (Å²) in [6.45, 7) is 9.06. The molecule has 1 aromatic carbocycles. The Balaban J connectivity index is 2.99. The minimum Gasteiger partial charge on any atom is -0.396 e. The first-order valence-electron chi connectivity index (χ1n) is 6.79. The van der Waals surface area contributed by atoms with Crippen LogP contribution >= 0.6 is 0 Å². The quantitative estimate of drug-likeness (QED) is 0.625. The summed E-state index contributed by atoms with van der Waals surface area (Å²) in [5.74, 6) is 7.42. The highest BCUT2D eigenvalue weighted by molar-refractivity contribution is 5.45. The molecule has 98 valence electrons. The zero-order valence-electron chi connectivity index (χ0n) is 12.0. The van der Waals surface area contributed by atoms with Crippen molar-refractivity contribution in [3.8, 4) is 11.8 Å². The molecule has 0 radical (unpaired) electrons. The van der Waals surface area contributed by atoms with E-state index in [0.29, 0.717) is 11.8 Å². The molecule has 0 amide bonds. The maximum Gasteiger partial charge on any atom is 0.0440 e. The maximum absolute atomic E-state index is 8.74. The first-order valence-corrected chi connectivity index (χ1v) is 6.79. The van der Waals surface area contributed by atoms with Crippen LogP contribution in [0.3, 0.4) is 0 Å². The smallest absolute Gasteiger partial charge is 0.0440 e. The standard InChI is InChI=1S/C17H24O/c1-13(2)16-10-9-15(8-6-5-7-11-18)17(12-16)14(3)4/h9-10,12-14,18H,5,7,11H2,1-4H3. The van der Waals surface area contributed by atoms with Crippen molar-refractivity contribution >= 4 is 0 Å². The number of rotatable bonds is 4. The molecule has 1 N–H and O–H groups in total. The number of aliphatic hydroxyl groups is 1. The molecule has 0 bridgehead atoms. The first-order chi connectivity index (χ1) is 8.56. The fourth-order valence-electron chi connectivity index (χ4n) is 1.86. The SMILES string of the molecule is CC(C)c1ccc(C#CCCCO)c(C(C)C)c1. The van der Waals surface area contributed by atoms with E-state index >= 15 is 0 Å². The molecule has 0 aliphatic heterocycles. The molecule has 0 aliphatic carbocycles. The zero-order chi connectivity index (χ0) is 13.5. The van der Waals surface area contributed by atoms with Crippen LogP contribution in [-0.2, 0) is 0 Å². The maximum atomic E-state index is 8.74. The van der Waals surface area contributed by atoms with Gasteiger partial charge in [0, 0.05) is 18.6 Å². The van der Waals surface area contributed by atoms with Crippen molar-refractivity contribution in [2.24, 2.45) is 0 Å². The van der Waals surface area contributed by atoms with Crippen LogP contribution in [0.4, 0.5) is 0 Å². The second-order valence-electron chi connectivity index (χ2n) is 5.29. The molecule has 0 saturated heterocycles. The van der Waals surface area contributed by atoms with Crippen molar-refractivity contribution in [3.05, 3.63) is 34.9 Å². The molecule has 0 aromatic heterocycles. The normalized spacial score (nSPS) is 10.6. The molecule has 0 aliphatic rings.